The first kappa shape index (κ1) is 23.3. The summed E-state index contributed by atoms with van der Waals surface area (Å²) in [5, 5.41) is 0. The van der Waals surface area contributed by atoms with Gasteiger partial charge in [-0.1, -0.05) is 26.2 Å². The van der Waals surface area contributed by atoms with E-state index in [1.807, 2.05) is 6.92 Å². The zero-order valence-electron chi connectivity index (χ0n) is 17.8. The van der Waals surface area contributed by atoms with E-state index in [1.165, 1.54) is 19.3 Å². The van der Waals surface area contributed by atoms with E-state index >= 15 is 0 Å². The Kier molecular flexibility index (Phi) is 10.4. The molecule has 0 spiro atoms. The van der Waals surface area contributed by atoms with Crippen LogP contribution in [0.4, 0.5) is 0 Å². The molecule has 3 aliphatic rings. The Balaban J connectivity index is 0.000000292. The predicted octanol–water partition coefficient (Wildman–Crippen LogP) is 3.90. The van der Waals surface area contributed by atoms with E-state index in [4.69, 9.17) is 18.9 Å². The normalized spacial score (nSPS) is 33.6. The third kappa shape index (κ3) is 7.12. The van der Waals surface area contributed by atoms with E-state index < -0.39 is 6.29 Å². The number of carbonyl (C=O) groups excluding carboxylic acids is 2. The second-order valence-corrected chi connectivity index (χ2v) is 8.32. The molecule has 3 atom stereocenters. The van der Waals surface area contributed by atoms with Crippen molar-refractivity contribution in [2.45, 2.75) is 90.1 Å². The van der Waals surface area contributed by atoms with Crippen molar-refractivity contribution < 1.29 is 28.5 Å². The number of esters is 1. The molecule has 1 heterocycles. The maximum Gasteiger partial charge on any atom is 0.309 e. The van der Waals surface area contributed by atoms with Crippen LogP contribution in [-0.2, 0) is 28.5 Å². The molecular formula is C22H38O6. The van der Waals surface area contributed by atoms with Crippen LogP contribution in [0.1, 0.15) is 71.6 Å². The van der Waals surface area contributed by atoms with Crippen molar-refractivity contribution in [3.63, 3.8) is 0 Å². The van der Waals surface area contributed by atoms with Gasteiger partial charge >= 0.3 is 5.97 Å². The maximum absolute atomic E-state index is 12.2. The van der Waals surface area contributed by atoms with Gasteiger partial charge in [0.1, 0.15) is 12.4 Å². The SMILES string of the molecule is CCOC1C(OC(=O)C2CCC(C)CC2)COC1OC.O=CC1CCCCC1. The zero-order chi connectivity index (χ0) is 20.4. The van der Waals surface area contributed by atoms with Crippen LogP contribution in [0, 0.1) is 17.8 Å². The topological polar surface area (TPSA) is 71.1 Å². The van der Waals surface area contributed by atoms with Crippen molar-refractivity contribution in [1.82, 2.24) is 0 Å². The van der Waals surface area contributed by atoms with Crippen LogP contribution >= 0.6 is 0 Å². The highest BCUT2D eigenvalue weighted by molar-refractivity contribution is 5.72. The Morgan fingerprint density at radius 1 is 1.07 bits per heavy atom. The van der Waals surface area contributed by atoms with Gasteiger partial charge in [-0.05, 0) is 51.4 Å². The lowest BCUT2D eigenvalue weighted by Gasteiger charge is -2.27. The Morgan fingerprint density at radius 3 is 2.29 bits per heavy atom. The predicted molar refractivity (Wildman–Crippen MR) is 106 cm³/mol. The van der Waals surface area contributed by atoms with Gasteiger partial charge in [0.15, 0.2) is 12.4 Å². The third-order valence-electron chi connectivity index (χ3n) is 6.11. The fourth-order valence-electron chi connectivity index (χ4n) is 4.25. The van der Waals surface area contributed by atoms with Gasteiger partial charge in [0.2, 0.25) is 0 Å². The summed E-state index contributed by atoms with van der Waals surface area (Å²) in [6.07, 6.45) is 10.2. The molecule has 3 fully saturated rings. The summed E-state index contributed by atoms with van der Waals surface area (Å²) in [4.78, 5) is 22.4. The number of carbonyl (C=O) groups is 2. The summed E-state index contributed by atoms with van der Waals surface area (Å²) in [6, 6.07) is 0. The second kappa shape index (κ2) is 12.6. The first-order chi connectivity index (χ1) is 13.6. The highest BCUT2D eigenvalue weighted by Crippen LogP contribution is 2.30. The van der Waals surface area contributed by atoms with Crippen LogP contribution in [0.15, 0.2) is 0 Å². The molecule has 1 aliphatic heterocycles. The number of ether oxygens (including phenoxy) is 4. The molecule has 0 N–H and O–H groups in total. The molecule has 1 saturated heterocycles. The molecule has 2 saturated carbocycles. The van der Waals surface area contributed by atoms with E-state index in [0.29, 0.717) is 19.1 Å². The smallest absolute Gasteiger partial charge is 0.309 e. The molecule has 0 radical (unpaired) electrons. The molecule has 0 aromatic carbocycles. The molecule has 0 aromatic rings. The highest BCUT2D eigenvalue weighted by Gasteiger charge is 2.42. The van der Waals surface area contributed by atoms with E-state index in [1.54, 1.807) is 7.11 Å². The molecule has 6 nitrogen and oxygen atoms in total. The van der Waals surface area contributed by atoms with Crippen LogP contribution < -0.4 is 0 Å². The largest absolute Gasteiger partial charge is 0.457 e. The molecule has 162 valence electrons. The maximum atomic E-state index is 12.2. The summed E-state index contributed by atoms with van der Waals surface area (Å²) in [7, 11) is 1.57. The van der Waals surface area contributed by atoms with Crippen LogP contribution in [0.5, 0.6) is 0 Å². The molecule has 0 aromatic heterocycles. The first-order valence-electron chi connectivity index (χ1n) is 11.0. The number of hydrogen-bond donors (Lipinski definition) is 0. The van der Waals surface area contributed by atoms with E-state index in [0.717, 1.165) is 50.7 Å². The molecule has 3 rings (SSSR count). The van der Waals surface area contributed by atoms with Crippen LogP contribution in [0.25, 0.3) is 0 Å². The number of aldehydes is 1. The van der Waals surface area contributed by atoms with Crippen molar-refractivity contribution in [3.8, 4) is 0 Å². The Hall–Kier alpha value is -0.980. The van der Waals surface area contributed by atoms with Crippen molar-refractivity contribution in [3.05, 3.63) is 0 Å². The van der Waals surface area contributed by atoms with Gasteiger partial charge in [0.25, 0.3) is 0 Å². The fraction of sp³-hybridized carbons (Fsp3) is 0.909. The second-order valence-electron chi connectivity index (χ2n) is 8.32. The number of hydrogen-bond acceptors (Lipinski definition) is 6. The molecule has 0 bridgehead atoms. The van der Waals surface area contributed by atoms with Gasteiger partial charge < -0.3 is 23.7 Å². The minimum atomic E-state index is -0.445. The van der Waals surface area contributed by atoms with Crippen molar-refractivity contribution in [2.24, 2.45) is 17.8 Å². The summed E-state index contributed by atoms with van der Waals surface area (Å²) < 4.78 is 21.9. The molecule has 2 aliphatic carbocycles. The van der Waals surface area contributed by atoms with Crippen molar-refractivity contribution in [1.29, 1.82) is 0 Å². The zero-order valence-corrected chi connectivity index (χ0v) is 17.8. The van der Waals surface area contributed by atoms with Crippen molar-refractivity contribution >= 4 is 12.3 Å². The van der Waals surface area contributed by atoms with Gasteiger partial charge in [-0.2, -0.15) is 0 Å². The third-order valence-corrected chi connectivity index (χ3v) is 6.11. The summed E-state index contributed by atoms with van der Waals surface area (Å²) in [5.41, 5.74) is 0. The average molecular weight is 399 g/mol. The monoisotopic (exact) mass is 398 g/mol. The number of methoxy groups -OCH3 is 1. The molecule has 0 amide bonds. The van der Waals surface area contributed by atoms with Gasteiger partial charge in [0, 0.05) is 19.6 Å². The van der Waals surface area contributed by atoms with E-state index in [9.17, 15) is 9.59 Å². The van der Waals surface area contributed by atoms with Gasteiger partial charge in [-0.3, -0.25) is 4.79 Å². The standard InChI is InChI=1S/C15H26O5.C7H12O/c1-4-18-13-12(9-19-15(13)17-3)20-14(16)11-7-5-10(2)6-8-11;8-6-7-4-2-1-3-5-7/h10-13,15H,4-9H2,1-3H3;6-7H,1-5H2. The molecule has 28 heavy (non-hydrogen) atoms. The minimum Gasteiger partial charge on any atom is -0.457 e. The lowest BCUT2D eigenvalue weighted by molar-refractivity contribution is -0.169. The summed E-state index contributed by atoms with van der Waals surface area (Å²) >= 11 is 0. The summed E-state index contributed by atoms with van der Waals surface area (Å²) in [5.74, 6) is 1.06. The summed E-state index contributed by atoms with van der Waals surface area (Å²) in [6.45, 7) is 5.04. The highest BCUT2D eigenvalue weighted by atomic mass is 16.7. The minimum absolute atomic E-state index is 0.0371. The van der Waals surface area contributed by atoms with Crippen LogP contribution in [-0.4, -0.2) is 51.1 Å². The van der Waals surface area contributed by atoms with Gasteiger partial charge in [-0.15, -0.1) is 0 Å². The van der Waals surface area contributed by atoms with Gasteiger partial charge in [0.05, 0.1) is 12.5 Å². The Bertz CT molecular complexity index is 454. The molecule has 6 heteroatoms. The lowest BCUT2D eigenvalue weighted by atomic mass is 9.83. The molecule has 3 unspecified atom stereocenters. The van der Waals surface area contributed by atoms with E-state index in [2.05, 4.69) is 6.92 Å². The van der Waals surface area contributed by atoms with Crippen LogP contribution in [0.2, 0.25) is 0 Å². The molecular weight excluding hydrogens is 360 g/mol. The van der Waals surface area contributed by atoms with Crippen molar-refractivity contribution in [2.75, 3.05) is 20.3 Å². The average Bonchev–Trinajstić information content (AvgIpc) is 3.11. The van der Waals surface area contributed by atoms with Gasteiger partial charge in [-0.25, -0.2) is 0 Å². The van der Waals surface area contributed by atoms with E-state index in [-0.39, 0.29) is 24.1 Å². The fourth-order valence-corrected chi connectivity index (χ4v) is 4.25. The Morgan fingerprint density at radius 2 is 1.75 bits per heavy atom. The Labute approximate surface area is 169 Å². The van der Waals surface area contributed by atoms with Crippen LogP contribution in [0.3, 0.4) is 0 Å². The first-order valence-corrected chi connectivity index (χ1v) is 11.0. The quantitative estimate of drug-likeness (QED) is 0.499. The lowest BCUT2D eigenvalue weighted by Crippen LogP contribution is -2.38. The number of rotatable bonds is 6.